The second-order valence-corrected chi connectivity index (χ2v) is 8.86. The molecule has 3 nitrogen and oxygen atoms in total. The number of piperidine rings is 1. The Morgan fingerprint density at radius 3 is 2.43 bits per heavy atom. The number of halogens is 1. The molecule has 0 aliphatic carbocycles. The molecule has 4 rings (SSSR count). The number of hydrogen-bond donors (Lipinski definition) is 1. The minimum Gasteiger partial charge on any atom is -0.313 e. The van der Waals surface area contributed by atoms with Crippen LogP contribution in [0.15, 0.2) is 60.7 Å². The van der Waals surface area contributed by atoms with Crippen molar-refractivity contribution in [3.05, 3.63) is 88.0 Å². The number of carbonyl (C=O) groups excluding carboxylic acids is 1. The second-order valence-electron chi connectivity index (χ2n) is 7.72. The molecule has 0 spiro atoms. The number of thiophene rings is 1. The Morgan fingerprint density at radius 1 is 1.07 bits per heavy atom. The van der Waals surface area contributed by atoms with Gasteiger partial charge in [-0.1, -0.05) is 43.7 Å². The number of amides is 1. The van der Waals surface area contributed by atoms with Crippen LogP contribution >= 0.6 is 11.3 Å². The van der Waals surface area contributed by atoms with Gasteiger partial charge in [0.2, 0.25) is 0 Å². The first-order valence-corrected chi connectivity index (χ1v) is 11.5. The molecule has 0 radical (unpaired) electrons. The number of rotatable bonds is 6. The summed E-state index contributed by atoms with van der Waals surface area (Å²) in [7, 11) is 0. The van der Waals surface area contributed by atoms with Gasteiger partial charge in [-0.25, -0.2) is 4.39 Å². The largest absolute Gasteiger partial charge is 0.313 e. The van der Waals surface area contributed by atoms with Gasteiger partial charge in [-0.2, -0.15) is 0 Å². The lowest BCUT2D eigenvalue weighted by Crippen LogP contribution is -2.34. The number of hydrogen-bond acceptors (Lipinski definition) is 3. The zero-order valence-electron chi connectivity index (χ0n) is 17.2. The molecule has 0 bridgehead atoms. The first kappa shape index (κ1) is 20.8. The zero-order chi connectivity index (χ0) is 20.9. The first-order chi connectivity index (χ1) is 14.7. The molecule has 1 atom stereocenters. The van der Waals surface area contributed by atoms with Crippen LogP contribution in [0.1, 0.15) is 58.6 Å². The topological polar surface area (TPSA) is 32.3 Å². The van der Waals surface area contributed by atoms with E-state index in [2.05, 4.69) is 23.2 Å². The maximum atomic E-state index is 13.6. The molecule has 2 heterocycles. The molecule has 1 aromatic heterocycles. The van der Waals surface area contributed by atoms with Gasteiger partial charge in [-0.05, 0) is 68.2 Å². The monoisotopic (exact) mass is 422 g/mol. The lowest BCUT2D eigenvalue weighted by atomic mass is 9.95. The molecule has 1 fully saturated rings. The molecule has 2 aromatic carbocycles. The minimum absolute atomic E-state index is 0.00789. The summed E-state index contributed by atoms with van der Waals surface area (Å²) in [5.41, 5.74) is 2.81. The standard InChI is InChI=1S/C25H27FN2OS/c1-2-21-17-22(25(30-21)27-24(29)19-9-5-3-6-10-19)23(28-15-7-4-8-16-28)18-11-13-20(26)14-12-18/h3,5-6,9-14,17,23H,2,4,7-8,15-16H2,1H3,(H,27,29)/t23-/m1/s1. The quantitative estimate of drug-likeness (QED) is 0.507. The van der Waals surface area contributed by atoms with Crippen molar-refractivity contribution < 1.29 is 9.18 Å². The normalized spacial score (nSPS) is 15.7. The number of benzene rings is 2. The molecule has 0 unspecified atom stereocenters. The highest BCUT2D eigenvalue weighted by molar-refractivity contribution is 7.16. The Balaban J connectivity index is 1.73. The third-order valence-corrected chi connectivity index (χ3v) is 6.87. The van der Waals surface area contributed by atoms with Crippen LogP contribution in [-0.4, -0.2) is 23.9 Å². The van der Waals surface area contributed by atoms with E-state index in [0.717, 1.165) is 48.5 Å². The van der Waals surface area contributed by atoms with E-state index < -0.39 is 0 Å². The van der Waals surface area contributed by atoms with Crippen LogP contribution in [0.5, 0.6) is 0 Å². The molecule has 5 heteroatoms. The summed E-state index contributed by atoms with van der Waals surface area (Å²) >= 11 is 1.64. The molecule has 1 aliphatic rings. The van der Waals surface area contributed by atoms with Gasteiger partial charge in [-0.3, -0.25) is 9.69 Å². The van der Waals surface area contributed by atoms with Crippen molar-refractivity contribution in [2.75, 3.05) is 18.4 Å². The van der Waals surface area contributed by atoms with Crippen LogP contribution < -0.4 is 5.32 Å². The Hall–Kier alpha value is -2.50. The predicted molar refractivity (Wildman–Crippen MR) is 122 cm³/mol. The Morgan fingerprint density at radius 2 is 1.77 bits per heavy atom. The SMILES string of the molecule is CCc1cc([C@@H](c2ccc(F)cc2)N2CCCCC2)c(NC(=O)c2ccccc2)s1. The van der Waals surface area contributed by atoms with Crippen molar-refractivity contribution in [1.29, 1.82) is 0 Å². The summed E-state index contributed by atoms with van der Waals surface area (Å²) in [4.78, 5) is 16.6. The van der Waals surface area contributed by atoms with E-state index in [0.29, 0.717) is 5.56 Å². The smallest absolute Gasteiger partial charge is 0.256 e. The number of carbonyl (C=O) groups is 1. The number of nitrogens with zero attached hydrogens (tertiary/aromatic N) is 1. The van der Waals surface area contributed by atoms with Crippen molar-refractivity contribution in [2.45, 2.75) is 38.6 Å². The molecule has 1 N–H and O–H groups in total. The molecule has 156 valence electrons. The van der Waals surface area contributed by atoms with E-state index in [1.165, 1.54) is 23.4 Å². The average molecular weight is 423 g/mol. The van der Waals surface area contributed by atoms with Crippen molar-refractivity contribution in [1.82, 2.24) is 4.90 Å². The first-order valence-electron chi connectivity index (χ1n) is 10.6. The van der Waals surface area contributed by atoms with Crippen LogP contribution in [0, 0.1) is 5.82 Å². The van der Waals surface area contributed by atoms with E-state index >= 15 is 0 Å². The number of nitrogens with one attached hydrogen (secondary N) is 1. The van der Waals surface area contributed by atoms with Gasteiger partial charge in [0.15, 0.2) is 0 Å². The van der Waals surface area contributed by atoms with E-state index in [1.54, 1.807) is 11.3 Å². The van der Waals surface area contributed by atoms with Crippen molar-refractivity contribution >= 4 is 22.2 Å². The predicted octanol–water partition coefficient (Wildman–Crippen LogP) is 6.28. The highest BCUT2D eigenvalue weighted by Crippen LogP contribution is 2.40. The highest BCUT2D eigenvalue weighted by Gasteiger charge is 2.28. The maximum Gasteiger partial charge on any atom is 0.256 e. The fourth-order valence-corrected chi connectivity index (χ4v) is 5.13. The fourth-order valence-electron chi connectivity index (χ4n) is 4.11. The van der Waals surface area contributed by atoms with Gasteiger partial charge in [-0.15, -0.1) is 11.3 Å². The van der Waals surface area contributed by atoms with Gasteiger partial charge in [0.1, 0.15) is 10.8 Å². The molecular formula is C25H27FN2OS. The molecule has 1 amide bonds. The van der Waals surface area contributed by atoms with Gasteiger partial charge < -0.3 is 5.32 Å². The number of aryl methyl sites for hydroxylation is 1. The third-order valence-electron chi connectivity index (χ3n) is 5.66. The minimum atomic E-state index is -0.228. The molecule has 30 heavy (non-hydrogen) atoms. The molecule has 3 aromatic rings. The lowest BCUT2D eigenvalue weighted by Gasteiger charge is -2.35. The van der Waals surface area contributed by atoms with Crippen molar-refractivity contribution in [3.8, 4) is 0 Å². The lowest BCUT2D eigenvalue weighted by molar-refractivity contribution is 0.102. The van der Waals surface area contributed by atoms with Crippen LogP contribution in [-0.2, 0) is 6.42 Å². The third kappa shape index (κ3) is 4.63. The van der Waals surface area contributed by atoms with Crippen LogP contribution in [0.25, 0.3) is 0 Å². The van der Waals surface area contributed by atoms with E-state index in [1.807, 2.05) is 42.5 Å². The van der Waals surface area contributed by atoms with Crippen LogP contribution in [0.4, 0.5) is 9.39 Å². The molecule has 1 saturated heterocycles. The molecular weight excluding hydrogens is 395 g/mol. The summed E-state index contributed by atoms with van der Waals surface area (Å²) in [6, 6.07) is 18.3. The molecule has 1 aliphatic heterocycles. The summed E-state index contributed by atoms with van der Waals surface area (Å²) < 4.78 is 13.6. The maximum absolute atomic E-state index is 13.6. The van der Waals surface area contributed by atoms with E-state index in [-0.39, 0.29) is 17.8 Å². The summed E-state index contributed by atoms with van der Waals surface area (Å²) in [6.45, 7) is 4.14. The van der Waals surface area contributed by atoms with Gasteiger partial charge in [0, 0.05) is 16.0 Å². The Bertz CT molecular complexity index is 978. The van der Waals surface area contributed by atoms with Crippen LogP contribution in [0.3, 0.4) is 0 Å². The van der Waals surface area contributed by atoms with E-state index in [9.17, 15) is 9.18 Å². The summed E-state index contributed by atoms with van der Waals surface area (Å²) in [5, 5.41) is 4.05. The number of anilines is 1. The van der Waals surface area contributed by atoms with Crippen LogP contribution in [0.2, 0.25) is 0 Å². The highest BCUT2D eigenvalue weighted by atomic mass is 32.1. The zero-order valence-corrected chi connectivity index (χ0v) is 18.1. The summed E-state index contributed by atoms with van der Waals surface area (Å²) in [6.07, 6.45) is 4.48. The van der Waals surface area contributed by atoms with Crippen molar-refractivity contribution in [2.24, 2.45) is 0 Å². The Kier molecular flexibility index (Phi) is 6.60. The van der Waals surface area contributed by atoms with E-state index in [4.69, 9.17) is 0 Å². The summed E-state index contributed by atoms with van der Waals surface area (Å²) in [5.74, 6) is -0.328. The number of likely N-dealkylation sites (tertiary alicyclic amines) is 1. The van der Waals surface area contributed by atoms with Gasteiger partial charge in [0.25, 0.3) is 5.91 Å². The van der Waals surface area contributed by atoms with Gasteiger partial charge >= 0.3 is 0 Å². The molecule has 0 saturated carbocycles. The Labute approximate surface area is 181 Å². The van der Waals surface area contributed by atoms with Crippen molar-refractivity contribution in [3.63, 3.8) is 0 Å². The second kappa shape index (κ2) is 9.54. The van der Waals surface area contributed by atoms with Gasteiger partial charge in [0.05, 0.1) is 6.04 Å². The average Bonchev–Trinajstić information content (AvgIpc) is 3.19. The fraction of sp³-hybridized carbons (Fsp3) is 0.320.